The van der Waals surface area contributed by atoms with Crippen LogP contribution in [0.15, 0.2) is 40.5 Å². The highest BCUT2D eigenvalue weighted by atomic mass is 35.5. The van der Waals surface area contributed by atoms with Crippen molar-refractivity contribution in [3.05, 3.63) is 46.1 Å². The minimum Gasteiger partial charge on any atom is -0.351 e. The predicted octanol–water partition coefficient (Wildman–Crippen LogP) is 2.20. The van der Waals surface area contributed by atoms with Gasteiger partial charge in [-0.3, -0.25) is 9.59 Å². The van der Waals surface area contributed by atoms with Crippen molar-refractivity contribution in [3.63, 3.8) is 0 Å². The molecule has 0 saturated heterocycles. The van der Waals surface area contributed by atoms with Crippen LogP contribution in [0.3, 0.4) is 0 Å². The minimum atomic E-state index is -0.526. The van der Waals surface area contributed by atoms with E-state index >= 15 is 0 Å². The first-order valence-corrected chi connectivity index (χ1v) is 6.01. The van der Waals surface area contributed by atoms with Crippen molar-refractivity contribution in [1.82, 2.24) is 10.6 Å². The summed E-state index contributed by atoms with van der Waals surface area (Å²) < 4.78 is -0.287. The first-order chi connectivity index (χ1) is 8.56. The Hall–Kier alpha value is -1.52. The zero-order valence-corrected chi connectivity index (χ0v) is 11.2. The highest BCUT2D eigenvalue weighted by Crippen LogP contribution is 2.13. The Morgan fingerprint density at radius 2 is 1.78 bits per heavy atom. The fourth-order valence-electron chi connectivity index (χ4n) is 1.21. The average Bonchev–Trinajstić information content (AvgIpc) is 2.36. The van der Waals surface area contributed by atoms with E-state index in [2.05, 4.69) is 10.6 Å². The van der Waals surface area contributed by atoms with E-state index in [-0.39, 0.29) is 10.2 Å². The topological polar surface area (TPSA) is 58.2 Å². The van der Waals surface area contributed by atoms with Gasteiger partial charge in [0.2, 0.25) is 0 Å². The van der Waals surface area contributed by atoms with E-state index in [1.165, 1.54) is 0 Å². The Bertz CT molecular complexity index is 468. The summed E-state index contributed by atoms with van der Waals surface area (Å²) in [5, 5.41) is 4.89. The fraction of sp³-hybridized carbons (Fsp3) is 0.167. The number of halogens is 2. The lowest BCUT2D eigenvalue weighted by Crippen LogP contribution is -2.35. The number of nitrogens with one attached hydrogen (secondary N) is 2. The molecule has 1 rings (SSSR count). The van der Waals surface area contributed by atoms with Crippen LogP contribution >= 0.6 is 23.2 Å². The Morgan fingerprint density at radius 3 is 2.28 bits per heavy atom. The number of hydrogen-bond donors (Lipinski definition) is 2. The van der Waals surface area contributed by atoms with Crippen molar-refractivity contribution < 1.29 is 9.59 Å². The van der Waals surface area contributed by atoms with E-state index in [1.807, 2.05) is 0 Å². The van der Waals surface area contributed by atoms with Crippen molar-refractivity contribution in [2.45, 2.75) is 6.92 Å². The van der Waals surface area contributed by atoms with Gasteiger partial charge in [-0.15, -0.1) is 0 Å². The van der Waals surface area contributed by atoms with Crippen LogP contribution in [-0.4, -0.2) is 18.4 Å². The molecule has 0 atom stereocenters. The van der Waals surface area contributed by atoms with Gasteiger partial charge in [0.05, 0.1) is 0 Å². The second-order valence-electron chi connectivity index (χ2n) is 3.32. The molecule has 96 valence electrons. The van der Waals surface area contributed by atoms with E-state index in [4.69, 9.17) is 23.2 Å². The van der Waals surface area contributed by atoms with Gasteiger partial charge in [-0.05, 0) is 19.1 Å². The molecule has 6 heteroatoms. The number of hydrogen-bond acceptors (Lipinski definition) is 2. The largest absolute Gasteiger partial charge is 0.351 e. The molecule has 4 nitrogen and oxygen atoms in total. The molecule has 0 aliphatic heterocycles. The molecule has 0 heterocycles. The Morgan fingerprint density at radius 1 is 1.17 bits per heavy atom. The van der Waals surface area contributed by atoms with Crippen molar-refractivity contribution >= 4 is 35.0 Å². The van der Waals surface area contributed by atoms with Crippen LogP contribution in [0.1, 0.15) is 17.3 Å². The molecule has 2 N–H and O–H groups in total. The summed E-state index contributed by atoms with van der Waals surface area (Å²) in [5.41, 5.74) is 0.253. The number of carbonyl (C=O) groups is 2. The lowest BCUT2D eigenvalue weighted by molar-refractivity contribution is -0.117. The Labute approximate surface area is 115 Å². The average molecular weight is 287 g/mol. The van der Waals surface area contributed by atoms with Crippen LogP contribution in [0.2, 0.25) is 0 Å². The number of rotatable bonds is 4. The molecule has 0 aromatic heterocycles. The van der Waals surface area contributed by atoms with E-state index < -0.39 is 11.8 Å². The normalized spacial score (nSPS) is 9.50. The van der Waals surface area contributed by atoms with Crippen LogP contribution in [0.25, 0.3) is 0 Å². The quantitative estimate of drug-likeness (QED) is 0.834. The van der Waals surface area contributed by atoms with Crippen LogP contribution in [0.5, 0.6) is 0 Å². The van der Waals surface area contributed by atoms with Gasteiger partial charge in [-0.2, -0.15) is 0 Å². The van der Waals surface area contributed by atoms with Crippen LogP contribution in [0, 0.1) is 0 Å². The third-order valence-electron chi connectivity index (χ3n) is 2.03. The van der Waals surface area contributed by atoms with Gasteiger partial charge in [0.25, 0.3) is 11.8 Å². The second-order valence-corrected chi connectivity index (χ2v) is 4.26. The molecule has 0 bridgehead atoms. The SMILES string of the molecule is CCNC(=O)C(NC(=O)c1ccccc1)=C(Cl)Cl. The maximum Gasteiger partial charge on any atom is 0.270 e. The molecule has 0 radical (unpaired) electrons. The summed E-state index contributed by atoms with van der Waals surface area (Å²) in [6.07, 6.45) is 0. The first kappa shape index (κ1) is 14.5. The van der Waals surface area contributed by atoms with Crippen molar-refractivity contribution in [2.24, 2.45) is 0 Å². The predicted molar refractivity (Wildman–Crippen MR) is 71.3 cm³/mol. The second kappa shape index (κ2) is 7.03. The minimum absolute atomic E-state index is 0.158. The van der Waals surface area contributed by atoms with Crippen molar-refractivity contribution in [1.29, 1.82) is 0 Å². The van der Waals surface area contributed by atoms with Crippen molar-refractivity contribution in [2.75, 3.05) is 6.54 Å². The standard InChI is InChI=1S/C12H12Cl2N2O2/c1-2-15-12(18)9(10(13)14)16-11(17)8-6-4-3-5-7-8/h3-7H,2H2,1H3,(H,15,18)(H,16,17). The summed E-state index contributed by atoms with van der Waals surface area (Å²) in [6, 6.07) is 8.45. The zero-order chi connectivity index (χ0) is 13.5. The molecule has 0 saturated carbocycles. The first-order valence-electron chi connectivity index (χ1n) is 5.26. The van der Waals surface area contributed by atoms with Gasteiger partial charge in [-0.25, -0.2) is 0 Å². The Kier molecular flexibility index (Phi) is 5.68. The van der Waals surface area contributed by atoms with Crippen molar-refractivity contribution in [3.8, 4) is 0 Å². The molecule has 0 unspecified atom stereocenters. The third kappa shape index (κ3) is 4.05. The highest BCUT2D eigenvalue weighted by molar-refractivity contribution is 6.57. The molecule has 0 fully saturated rings. The third-order valence-corrected chi connectivity index (χ3v) is 2.41. The molecule has 0 aliphatic rings. The number of benzene rings is 1. The number of likely N-dealkylation sites (N-methyl/N-ethyl adjacent to an activating group) is 1. The Balaban J connectivity index is 2.84. The van der Waals surface area contributed by atoms with E-state index in [1.54, 1.807) is 37.3 Å². The van der Waals surface area contributed by atoms with Crippen LogP contribution in [-0.2, 0) is 4.79 Å². The maximum absolute atomic E-state index is 11.8. The van der Waals surface area contributed by atoms with Gasteiger partial charge in [-0.1, -0.05) is 41.4 Å². The fourth-order valence-corrected chi connectivity index (χ4v) is 1.48. The summed E-state index contributed by atoms with van der Waals surface area (Å²) in [4.78, 5) is 23.4. The van der Waals surface area contributed by atoms with Crippen LogP contribution in [0.4, 0.5) is 0 Å². The summed E-state index contributed by atoms with van der Waals surface area (Å²) in [6.45, 7) is 2.15. The number of carbonyl (C=O) groups excluding carboxylic acids is 2. The molecule has 0 aliphatic carbocycles. The molecular weight excluding hydrogens is 275 g/mol. The van der Waals surface area contributed by atoms with E-state index in [0.29, 0.717) is 12.1 Å². The molecule has 1 aromatic rings. The monoisotopic (exact) mass is 286 g/mol. The molecule has 2 amide bonds. The molecular formula is C12H12Cl2N2O2. The lowest BCUT2D eigenvalue weighted by Gasteiger charge is -2.09. The number of amides is 2. The van der Waals surface area contributed by atoms with Gasteiger partial charge in [0.15, 0.2) is 0 Å². The maximum atomic E-state index is 11.8. The summed E-state index contributed by atoms with van der Waals surface area (Å²) >= 11 is 11.2. The molecule has 0 spiro atoms. The summed E-state index contributed by atoms with van der Waals surface area (Å²) in [5.74, 6) is -0.975. The van der Waals surface area contributed by atoms with E-state index in [9.17, 15) is 9.59 Å². The zero-order valence-electron chi connectivity index (χ0n) is 9.67. The highest BCUT2D eigenvalue weighted by Gasteiger charge is 2.16. The molecule has 1 aromatic carbocycles. The smallest absolute Gasteiger partial charge is 0.270 e. The van der Waals surface area contributed by atoms with Gasteiger partial charge >= 0.3 is 0 Å². The molecule has 18 heavy (non-hydrogen) atoms. The van der Waals surface area contributed by atoms with Crippen LogP contribution < -0.4 is 10.6 Å². The van der Waals surface area contributed by atoms with Gasteiger partial charge < -0.3 is 10.6 Å². The van der Waals surface area contributed by atoms with E-state index in [0.717, 1.165) is 0 Å². The van der Waals surface area contributed by atoms with Gasteiger partial charge in [0, 0.05) is 12.1 Å². The lowest BCUT2D eigenvalue weighted by atomic mass is 10.2. The van der Waals surface area contributed by atoms with Gasteiger partial charge in [0.1, 0.15) is 10.2 Å². The summed E-state index contributed by atoms with van der Waals surface area (Å²) in [7, 11) is 0.